The van der Waals surface area contributed by atoms with Gasteiger partial charge < -0.3 is 4.74 Å². The lowest BCUT2D eigenvalue weighted by molar-refractivity contribution is 0.388. The van der Waals surface area contributed by atoms with E-state index in [2.05, 4.69) is 6.92 Å². The summed E-state index contributed by atoms with van der Waals surface area (Å²) in [5.74, 6) is 0. The second kappa shape index (κ2) is 6.86. The lowest BCUT2D eigenvalue weighted by atomic mass is 10.1. The van der Waals surface area contributed by atoms with Gasteiger partial charge in [0.05, 0.1) is 12.7 Å². The number of epoxide rings is 1. The zero-order valence-corrected chi connectivity index (χ0v) is 8.44. The molecule has 2 heteroatoms. The van der Waals surface area contributed by atoms with Gasteiger partial charge in [-0.25, -0.2) is 0 Å². The van der Waals surface area contributed by atoms with E-state index in [1.165, 1.54) is 38.5 Å². The molecule has 1 unspecified atom stereocenters. The molecule has 11 heavy (non-hydrogen) atoms. The van der Waals surface area contributed by atoms with Crippen LogP contribution in [0.2, 0.25) is 0 Å². The molecule has 0 bridgehead atoms. The predicted octanol–water partition coefficient (Wildman–Crippen LogP) is 2.36. The molecular weight excluding hydrogens is 152 g/mol. The molecule has 1 nitrogen and oxygen atoms in total. The standard InChI is InChI=1S/C9H18O.Si/c1-2-3-4-5-6-7-9-8-10-9;/h9H,2-8H2,1H3;. The summed E-state index contributed by atoms with van der Waals surface area (Å²) in [7, 11) is 0. The van der Waals surface area contributed by atoms with Gasteiger partial charge in [0.2, 0.25) is 0 Å². The van der Waals surface area contributed by atoms with Crippen LogP contribution in [0, 0.1) is 0 Å². The Hall–Kier alpha value is 0.177. The van der Waals surface area contributed by atoms with Crippen LogP contribution in [0.3, 0.4) is 0 Å². The number of rotatable bonds is 6. The summed E-state index contributed by atoms with van der Waals surface area (Å²) in [5.41, 5.74) is 0. The summed E-state index contributed by atoms with van der Waals surface area (Å²) < 4.78 is 5.12. The third-order valence-electron chi connectivity index (χ3n) is 2.03. The first-order chi connectivity index (χ1) is 4.93. The summed E-state index contributed by atoms with van der Waals surface area (Å²) >= 11 is 0. The highest BCUT2D eigenvalue weighted by Crippen LogP contribution is 2.17. The smallest absolute Gasteiger partial charge is 0.0810 e. The van der Waals surface area contributed by atoms with Crippen LogP contribution in [0.5, 0.6) is 0 Å². The van der Waals surface area contributed by atoms with Gasteiger partial charge in [-0.05, 0) is 6.42 Å². The Morgan fingerprint density at radius 2 is 1.82 bits per heavy atom. The molecular formula is C9H18OSi. The molecule has 1 aliphatic heterocycles. The largest absolute Gasteiger partial charge is 0.373 e. The van der Waals surface area contributed by atoms with E-state index >= 15 is 0 Å². The van der Waals surface area contributed by atoms with E-state index in [-0.39, 0.29) is 11.0 Å². The molecule has 0 N–H and O–H groups in total. The lowest BCUT2D eigenvalue weighted by Gasteiger charge is -1.96. The highest BCUT2D eigenvalue weighted by molar-refractivity contribution is 5.75. The quantitative estimate of drug-likeness (QED) is 0.339. The van der Waals surface area contributed by atoms with Crippen LogP contribution in [-0.2, 0) is 4.74 Å². The van der Waals surface area contributed by atoms with E-state index in [4.69, 9.17) is 4.74 Å². The highest BCUT2D eigenvalue weighted by atomic mass is 28.1. The maximum Gasteiger partial charge on any atom is 0.0810 e. The van der Waals surface area contributed by atoms with Crippen molar-refractivity contribution in [1.29, 1.82) is 0 Å². The highest BCUT2D eigenvalue weighted by Gasteiger charge is 2.20. The summed E-state index contributed by atoms with van der Waals surface area (Å²) in [4.78, 5) is 0. The van der Waals surface area contributed by atoms with Crippen LogP contribution < -0.4 is 0 Å². The van der Waals surface area contributed by atoms with Gasteiger partial charge in [0.25, 0.3) is 0 Å². The summed E-state index contributed by atoms with van der Waals surface area (Å²) in [6.45, 7) is 3.29. The molecule has 0 aliphatic carbocycles. The van der Waals surface area contributed by atoms with Crippen molar-refractivity contribution in [1.82, 2.24) is 0 Å². The minimum absolute atomic E-state index is 0. The molecule has 0 aromatic carbocycles. The molecule has 0 aromatic rings. The van der Waals surface area contributed by atoms with Gasteiger partial charge in [0, 0.05) is 11.0 Å². The van der Waals surface area contributed by atoms with Gasteiger partial charge in [0.15, 0.2) is 0 Å². The van der Waals surface area contributed by atoms with Gasteiger partial charge in [-0.1, -0.05) is 39.0 Å². The molecule has 1 rings (SSSR count). The number of hydrogen-bond donors (Lipinski definition) is 0. The van der Waals surface area contributed by atoms with Crippen LogP contribution in [0.15, 0.2) is 0 Å². The summed E-state index contributed by atoms with van der Waals surface area (Å²) in [6, 6.07) is 0. The molecule has 0 amide bonds. The van der Waals surface area contributed by atoms with E-state index < -0.39 is 0 Å². The molecule has 0 saturated carbocycles. The molecule has 1 saturated heterocycles. The average Bonchev–Trinajstić information content (AvgIpc) is 2.71. The second-order valence-electron chi connectivity index (χ2n) is 3.16. The monoisotopic (exact) mass is 170 g/mol. The van der Waals surface area contributed by atoms with E-state index in [0.29, 0.717) is 6.10 Å². The van der Waals surface area contributed by atoms with Gasteiger partial charge >= 0.3 is 0 Å². The van der Waals surface area contributed by atoms with Crippen molar-refractivity contribution in [3.63, 3.8) is 0 Å². The average molecular weight is 170 g/mol. The van der Waals surface area contributed by atoms with Crippen molar-refractivity contribution >= 4 is 11.0 Å². The summed E-state index contributed by atoms with van der Waals surface area (Å²) in [6.07, 6.45) is 8.93. The lowest BCUT2D eigenvalue weighted by Crippen LogP contribution is -1.84. The van der Waals surface area contributed by atoms with Crippen LogP contribution in [-0.4, -0.2) is 23.7 Å². The van der Waals surface area contributed by atoms with Crippen LogP contribution in [0.25, 0.3) is 0 Å². The molecule has 1 heterocycles. The Kier molecular flexibility index (Phi) is 6.97. The van der Waals surface area contributed by atoms with Crippen LogP contribution in [0.4, 0.5) is 0 Å². The van der Waals surface area contributed by atoms with Crippen molar-refractivity contribution in [3.8, 4) is 0 Å². The third kappa shape index (κ3) is 6.57. The SMILES string of the molecule is CCCCCCCC1CO1.[Si]. The fraction of sp³-hybridized carbons (Fsp3) is 1.00. The summed E-state index contributed by atoms with van der Waals surface area (Å²) in [5, 5.41) is 0. The normalized spacial score (nSPS) is 21.0. The fourth-order valence-corrected chi connectivity index (χ4v) is 1.21. The van der Waals surface area contributed by atoms with Crippen LogP contribution >= 0.6 is 0 Å². The number of hydrogen-bond acceptors (Lipinski definition) is 1. The second-order valence-corrected chi connectivity index (χ2v) is 3.16. The van der Waals surface area contributed by atoms with Gasteiger partial charge in [-0.2, -0.15) is 0 Å². The van der Waals surface area contributed by atoms with E-state index in [1.54, 1.807) is 0 Å². The van der Waals surface area contributed by atoms with Gasteiger partial charge in [-0.3, -0.25) is 0 Å². The molecule has 0 spiro atoms. The Bertz CT molecular complexity index is 81.6. The minimum Gasteiger partial charge on any atom is -0.373 e. The van der Waals surface area contributed by atoms with Crippen LogP contribution in [0.1, 0.15) is 45.4 Å². The number of ether oxygens (including phenoxy) is 1. The van der Waals surface area contributed by atoms with Gasteiger partial charge in [-0.15, -0.1) is 0 Å². The molecule has 64 valence electrons. The first kappa shape index (κ1) is 11.2. The van der Waals surface area contributed by atoms with Crippen molar-refractivity contribution in [2.24, 2.45) is 0 Å². The third-order valence-corrected chi connectivity index (χ3v) is 2.03. The first-order valence-corrected chi connectivity index (χ1v) is 4.55. The predicted molar refractivity (Wildman–Crippen MR) is 48.9 cm³/mol. The minimum atomic E-state index is 0. The topological polar surface area (TPSA) is 12.5 Å². The van der Waals surface area contributed by atoms with Gasteiger partial charge in [0.1, 0.15) is 0 Å². The Morgan fingerprint density at radius 3 is 2.36 bits per heavy atom. The molecule has 1 aliphatic rings. The maximum atomic E-state index is 5.12. The van der Waals surface area contributed by atoms with Crippen molar-refractivity contribution in [2.45, 2.75) is 51.6 Å². The molecule has 1 fully saturated rings. The maximum absolute atomic E-state index is 5.12. The van der Waals surface area contributed by atoms with Crippen molar-refractivity contribution < 1.29 is 4.74 Å². The molecule has 4 radical (unpaired) electrons. The van der Waals surface area contributed by atoms with Crippen molar-refractivity contribution in [2.75, 3.05) is 6.61 Å². The first-order valence-electron chi connectivity index (χ1n) is 4.55. The Morgan fingerprint density at radius 1 is 1.18 bits per heavy atom. The molecule has 1 atom stereocenters. The van der Waals surface area contributed by atoms with E-state index in [1.807, 2.05) is 0 Å². The number of unbranched alkanes of at least 4 members (excludes halogenated alkanes) is 4. The Balaban J connectivity index is 0.000001000. The zero-order valence-electron chi connectivity index (χ0n) is 7.44. The molecule has 0 aromatic heterocycles. The van der Waals surface area contributed by atoms with E-state index in [9.17, 15) is 0 Å². The van der Waals surface area contributed by atoms with E-state index in [0.717, 1.165) is 6.61 Å². The zero-order chi connectivity index (χ0) is 7.23. The fourth-order valence-electron chi connectivity index (χ4n) is 1.21. The van der Waals surface area contributed by atoms with Crippen molar-refractivity contribution in [3.05, 3.63) is 0 Å². The Labute approximate surface area is 74.5 Å².